The van der Waals surface area contributed by atoms with Gasteiger partial charge in [0.25, 0.3) is 0 Å². The molecule has 5 heteroatoms. The summed E-state index contributed by atoms with van der Waals surface area (Å²) >= 11 is 0. The maximum Gasteiger partial charge on any atom is 0.410 e. The lowest BCUT2D eigenvalue weighted by Crippen LogP contribution is -2.34. The van der Waals surface area contributed by atoms with Crippen LogP contribution in [0.25, 0.3) is 0 Å². The summed E-state index contributed by atoms with van der Waals surface area (Å²) in [6.45, 7) is 7.80. The number of hydrogen-bond donors (Lipinski definition) is 1. The molecule has 0 aromatic heterocycles. The van der Waals surface area contributed by atoms with Crippen LogP contribution in [-0.2, 0) is 17.7 Å². The molecular formula is C16H23NO4. The number of aryl methyl sites for hydroxylation is 1. The maximum atomic E-state index is 11.9. The van der Waals surface area contributed by atoms with Crippen LogP contribution in [0.4, 0.5) is 4.79 Å². The van der Waals surface area contributed by atoms with E-state index in [2.05, 4.69) is 0 Å². The van der Waals surface area contributed by atoms with Gasteiger partial charge in [0.05, 0.1) is 5.56 Å². The Hall–Kier alpha value is -2.04. The Kier molecular flexibility index (Phi) is 5.35. The Morgan fingerprint density at radius 1 is 1.24 bits per heavy atom. The van der Waals surface area contributed by atoms with E-state index in [1.807, 2.05) is 27.7 Å². The van der Waals surface area contributed by atoms with Gasteiger partial charge in [-0.05, 0) is 50.5 Å². The Morgan fingerprint density at radius 3 is 2.33 bits per heavy atom. The predicted molar refractivity (Wildman–Crippen MR) is 80.5 cm³/mol. The molecule has 1 rings (SSSR count). The quantitative estimate of drug-likeness (QED) is 0.924. The Labute approximate surface area is 125 Å². The second-order valence-corrected chi connectivity index (χ2v) is 5.98. The van der Waals surface area contributed by atoms with Gasteiger partial charge in [-0.2, -0.15) is 0 Å². The molecular weight excluding hydrogens is 270 g/mol. The van der Waals surface area contributed by atoms with Crippen molar-refractivity contribution in [2.75, 3.05) is 7.05 Å². The SMILES string of the molecule is CCc1cc(C(=O)O)ccc1CN(C)C(=O)OC(C)(C)C. The Morgan fingerprint density at radius 2 is 1.86 bits per heavy atom. The molecule has 0 saturated carbocycles. The first-order valence-corrected chi connectivity index (χ1v) is 6.93. The summed E-state index contributed by atoms with van der Waals surface area (Å²) in [5.41, 5.74) is 1.57. The molecule has 0 aliphatic rings. The number of carboxylic acid groups (broad SMARTS) is 1. The van der Waals surface area contributed by atoms with E-state index >= 15 is 0 Å². The highest BCUT2D eigenvalue weighted by Crippen LogP contribution is 2.17. The number of amides is 1. The number of ether oxygens (including phenoxy) is 1. The van der Waals surface area contributed by atoms with E-state index in [1.54, 1.807) is 25.2 Å². The summed E-state index contributed by atoms with van der Waals surface area (Å²) in [5, 5.41) is 9.01. The molecule has 0 fully saturated rings. The molecule has 0 bridgehead atoms. The van der Waals surface area contributed by atoms with Gasteiger partial charge in [-0.25, -0.2) is 9.59 Å². The van der Waals surface area contributed by atoms with Crippen molar-refractivity contribution in [3.63, 3.8) is 0 Å². The third kappa shape index (κ3) is 5.10. The average Bonchev–Trinajstić information content (AvgIpc) is 2.36. The summed E-state index contributed by atoms with van der Waals surface area (Å²) in [7, 11) is 1.67. The number of carbonyl (C=O) groups is 2. The van der Waals surface area contributed by atoms with Crippen molar-refractivity contribution >= 4 is 12.1 Å². The van der Waals surface area contributed by atoms with E-state index < -0.39 is 17.7 Å². The molecule has 116 valence electrons. The van der Waals surface area contributed by atoms with Crippen molar-refractivity contribution < 1.29 is 19.4 Å². The van der Waals surface area contributed by atoms with Gasteiger partial charge in [-0.1, -0.05) is 13.0 Å². The molecule has 1 amide bonds. The van der Waals surface area contributed by atoms with Crippen LogP contribution in [0.2, 0.25) is 0 Å². The van der Waals surface area contributed by atoms with E-state index in [1.165, 1.54) is 4.90 Å². The van der Waals surface area contributed by atoms with Gasteiger partial charge < -0.3 is 14.7 Å². The maximum absolute atomic E-state index is 11.9. The molecule has 1 N–H and O–H groups in total. The molecule has 0 spiro atoms. The lowest BCUT2D eigenvalue weighted by Gasteiger charge is -2.25. The molecule has 1 aromatic rings. The zero-order valence-corrected chi connectivity index (χ0v) is 13.3. The fourth-order valence-corrected chi connectivity index (χ4v) is 1.90. The van der Waals surface area contributed by atoms with Crippen LogP contribution in [0, 0.1) is 0 Å². The van der Waals surface area contributed by atoms with E-state index in [-0.39, 0.29) is 5.56 Å². The van der Waals surface area contributed by atoms with Crippen molar-refractivity contribution in [2.24, 2.45) is 0 Å². The molecule has 1 aromatic carbocycles. The smallest absolute Gasteiger partial charge is 0.410 e. The van der Waals surface area contributed by atoms with Crippen LogP contribution in [0.5, 0.6) is 0 Å². The highest BCUT2D eigenvalue weighted by Gasteiger charge is 2.20. The molecule has 0 unspecified atom stereocenters. The molecule has 0 saturated heterocycles. The number of carbonyl (C=O) groups excluding carboxylic acids is 1. The minimum atomic E-state index is -0.947. The fraction of sp³-hybridized carbons (Fsp3) is 0.500. The van der Waals surface area contributed by atoms with Crippen LogP contribution < -0.4 is 0 Å². The fourth-order valence-electron chi connectivity index (χ4n) is 1.90. The largest absolute Gasteiger partial charge is 0.478 e. The monoisotopic (exact) mass is 293 g/mol. The van der Waals surface area contributed by atoms with Crippen LogP contribution in [0.15, 0.2) is 18.2 Å². The third-order valence-electron chi connectivity index (χ3n) is 2.95. The summed E-state index contributed by atoms with van der Waals surface area (Å²) < 4.78 is 5.30. The number of hydrogen-bond acceptors (Lipinski definition) is 3. The van der Waals surface area contributed by atoms with Gasteiger partial charge in [0.1, 0.15) is 5.60 Å². The first-order valence-electron chi connectivity index (χ1n) is 6.93. The van der Waals surface area contributed by atoms with Crippen molar-refractivity contribution in [2.45, 2.75) is 46.3 Å². The normalized spacial score (nSPS) is 11.1. The minimum Gasteiger partial charge on any atom is -0.478 e. The van der Waals surface area contributed by atoms with E-state index in [9.17, 15) is 9.59 Å². The van der Waals surface area contributed by atoms with Crippen LogP contribution >= 0.6 is 0 Å². The standard InChI is InChI=1S/C16H23NO4/c1-6-11-9-12(14(18)19)7-8-13(11)10-17(5)15(20)21-16(2,3)4/h7-9H,6,10H2,1-5H3,(H,18,19). The summed E-state index contributed by atoms with van der Waals surface area (Å²) in [6, 6.07) is 4.96. The van der Waals surface area contributed by atoms with E-state index in [0.717, 1.165) is 11.1 Å². The minimum absolute atomic E-state index is 0.260. The summed E-state index contributed by atoms with van der Waals surface area (Å²) in [4.78, 5) is 24.4. The highest BCUT2D eigenvalue weighted by atomic mass is 16.6. The van der Waals surface area contributed by atoms with Crippen molar-refractivity contribution in [3.05, 3.63) is 34.9 Å². The van der Waals surface area contributed by atoms with Gasteiger partial charge in [0, 0.05) is 13.6 Å². The lowest BCUT2D eigenvalue weighted by molar-refractivity contribution is 0.0284. The Balaban J connectivity index is 2.87. The predicted octanol–water partition coefficient (Wildman–Crippen LogP) is 3.31. The molecule has 0 aliphatic carbocycles. The van der Waals surface area contributed by atoms with Crippen molar-refractivity contribution in [3.8, 4) is 0 Å². The zero-order valence-electron chi connectivity index (χ0n) is 13.3. The summed E-state index contributed by atoms with van der Waals surface area (Å²) in [5.74, 6) is -0.947. The average molecular weight is 293 g/mol. The first kappa shape index (κ1) is 17.0. The Bertz CT molecular complexity index is 532. The van der Waals surface area contributed by atoms with Gasteiger partial charge >= 0.3 is 12.1 Å². The van der Waals surface area contributed by atoms with Crippen molar-refractivity contribution in [1.82, 2.24) is 4.90 Å². The van der Waals surface area contributed by atoms with Gasteiger partial charge in [0.2, 0.25) is 0 Å². The molecule has 0 atom stereocenters. The van der Waals surface area contributed by atoms with Crippen molar-refractivity contribution in [1.29, 1.82) is 0 Å². The second-order valence-electron chi connectivity index (χ2n) is 5.98. The van der Waals surface area contributed by atoms with Gasteiger partial charge in [-0.15, -0.1) is 0 Å². The van der Waals surface area contributed by atoms with Crippen LogP contribution in [-0.4, -0.2) is 34.7 Å². The molecule has 0 aliphatic heterocycles. The van der Waals surface area contributed by atoms with Gasteiger partial charge in [0.15, 0.2) is 0 Å². The van der Waals surface area contributed by atoms with E-state index in [0.29, 0.717) is 13.0 Å². The number of benzene rings is 1. The molecule has 5 nitrogen and oxygen atoms in total. The highest BCUT2D eigenvalue weighted by molar-refractivity contribution is 5.87. The van der Waals surface area contributed by atoms with E-state index in [4.69, 9.17) is 9.84 Å². The third-order valence-corrected chi connectivity index (χ3v) is 2.95. The topological polar surface area (TPSA) is 66.8 Å². The van der Waals surface area contributed by atoms with Crippen LogP contribution in [0.3, 0.4) is 0 Å². The van der Waals surface area contributed by atoms with Crippen LogP contribution in [0.1, 0.15) is 49.2 Å². The second kappa shape index (κ2) is 6.61. The number of aromatic carboxylic acids is 1. The molecule has 0 heterocycles. The zero-order chi connectivity index (χ0) is 16.2. The lowest BCUT2D eigenvalue weighted by atomic mass is 10.0. The number of rotatable bonds is 4. The number of carboxylic acids is 1. The molecule has 21 heavy (non-hydrogen) atoms. The van der Waals surface area contributed by atoms with Gasteiger partial charge in [-0.3, -0.25) is 0 Å². The number of nitrogens with zero attached hydrogens (tertiary/aromatic N) is 1. The molecule has 0 radical (unpaired) electrons. The summed E-state index contributed by atoms with van der Waals surface area (Å²) in [6.07, 6.45) is 0.311. The first-order chi connectivity index (χ1) is 9.64.